The average Bonchev–Trinajstić information content (AvgIpc) is 2.93. The zero-order chi connectivity index (χ0) is 12.0. The molecule has 1 N–H and O–H groups in total. The molecule has 0 aliphatic rings. The van der Waals surface area contributed by atoms with E-state index in [4.69, 9.17) is 16.7 Å². The molecule has 0 atom stereocenters. The number of carboxylic acids is 1. The summed E-state index contributed by atoms with van der Waals surface area (Å²) in [6, 6.07) is 2.90. The van der Waals surface area contributed by atoms with Crippen LogP contribution in [0.1, 0.15) is 20.7 Å². The zero-order valence-corrected chi connectivity index (χ0v) is 8.68. The van der Waals surface area contributed by atoms with Gasteiger partial charge >= 0.3 is 5.97 Å². The monoisotopic (exact) mass is 242 g/mol. The minimum absolute atomic E-state index is 0.185. The fraction of sp³-hybridized carbons (Fsp3) is 0. The summed E-state index contributed by atoms with van der Waals surface area (Å²) in [6.07, 6.45) is 5.21. The molecule has 84 valence electrons. The maximum Gasteiger partial charge on any atom is 0.338 e. The molecule has 0 spiro atoms. The topological polar surface area (TPSA) is 80.7 Å². The molecule has 0 aromatic carbocycles. The minimum Gasteiger partial charge on any atom is -0.478 e. The number of rotatable bonds is 2. The van der Waals surface area contributed by atoms with Gasteiger partial charge in [0.15, 0.2) is 0 Å². The van der Waals surface area contributed by atoms with Crippen molar-refractivity contribution in [3.63, 3.8) is 0 Å². The van der Waals surface area contributed by atoms with Crippen molar-refractivity contribution >= 4 is 22.8 Å². The molecule has 0 fully saturated rings. The molecule has 0 aliphatic carbocycles. The van der Waals surface area contributed by atoms with Crippen molar-refractivity contribution in [2.75, 3.05) is 0 Å². The van der Waals surface area contributed by atoms with E-state index in [-0.39, 0.29) is 5.56 Å². The van der Waals surface area contributed by atoms with Gasteiger partial charge in [-0.05, 0) is 23.7 Å². The summed E-state index contributed by atoms with van der Waals surface area (Å²) in [5.41, 5.74) is 0.580. The van der Waals surface area contributed by atoms with E-state index in [1.54, 1.807) is 0 Å². The maximum absolute atomic E-state index is 10.2. The van der Waals surface area contributed by atoms with Crippen LogP contribution in [-0.4, -0.2) is 16.3 Å². The molecule has 0 amide bonds. The quantitative estimate of drug-likeness (QED) is 0.819. The molecule has 0 unspecified atom stereocenters. The van der Waals surface area contributed by atoms with Gasteiger partial charge in [0.05, 0.1) is 23.7 Å². The van der Waals surface area contributed by atoms with Crippen molar-refractivity contribution in [3.8, 4) is 0 Å². The molecular formula is C10H7ClO5. The lowest BCUT2D eigenvalue weighted by atomic mass is 10.4. The first kappa shape index (κ1) is 12.1. The fourth-order valence-electron chi connectivity index (χ4n) is 0.762. The van der Waals surface area contributed by atoms with Crippen LogP contribution in [0, 0.1) is 0 Å². The Morgan fingerprint density at radius 3 is 1.75 bits per heavy atom. The van der Waals surface area contributed by atoms with Crippen LogP contribution in [0.4, 0.5) is 0 Å². The third-order valence-electron chi connectivity index (χ3n) is 1.52. The third kappa shape index (κ3) is 3.62. The summed E-state index contributed by atoms with van der Waals surface area (Å²) in [5, 5.41) is 7.73. The first-order chi connectivity index (χ1) is 7.61. The molecule has 6 heteroatoms. The highest BCUT2D eigenvalue weighted by Gasteiger charge is 2.00. The van der Waals surface area contributed by atoms with E-state index in [0.29, 0.717) is 5.56 Å². The number of hydrogen-bond donors (Lipinski definition) is 1. The lowest BCUT2D eigenvalue weighted by Crippen LogP contribution is -1.90. The number of hydrogen-bond acceptors (Lipinski definition) is 4. The van der Waals surface area contributed by atoms with E-state index < -0.39 is 11.2 Å². The molecule has 0 radical (unpaired) electrons. The van der Waals surface area contributed by atoms with E-state index >= 15 is 0 Å². The second kappa shape index (κ2) is 5.77. The van der Waals surface area contributed by atoms with Crippen LogP contribution in [-0.2, 0) is 0 Å². The Balaban J connectivity index is 0.000000160. The lowest BCUT2D eigenvalue weighted by Gasteiger charge is -1.77. The summed E-state index contributed by atoms with van der Waals surface area (Å²) in [6.45, 7) is 0. The van der Waals surface area contributed by atoms with Gasteiger partial charge in [0.25, 0.3) is 5.24 Å². The van der Waals surface area contributed by atoms with Crippen molar-refractivity contribution in [1.29, 1.82) is 0 Å². The summed E-state index contributed by atoms with van der Waals surface area (Å²) in [4.78, 5) is 20.2. The maximum atomic E-state index is 10.2. The summed E-state index contributed by atoms with van der Waals surface area (Å²) in [5.74, 6) is -0.959. The Kier molecular flexibility index (Phi) is 4.35. The largest absolute Gasteiger partial charge is 0.478 e. The number of furan rings is 2. The molecule has 0 aliphatic heterocycles. The van der Waals surface area contributed by atoms with Crippen molar-refractivity contribution < 1.29 is 23.5 Å². The van der Waals surface area contributed by atoms with Crippen LogP contribution >= 0.6 is 11.6 Å². The lowest BCUT2D eigenvalue weighted by molar-refractivity contribution is 0.0696. The number of halogens is 1. The van der Waals surface area contributed by atoms with Crippen LogP contribution in [0.15, 0.2) is 46.0 Å². The van der Waals surface area contributed by atoms with Crippen molar-refractivity contribution in [3.05, 3.63) is 48.3 Å². The smallest absolute Gasteiger partial charge is 0.338 e. The molecule has 2 rings (SSSR count). The molecule has 0 saturated heterocycles. The predicted molar refractivity (Wildman–Crippen MR) is 54.6 cm³/mol. The van der Waals surface area contributed by atoms with Crippen molar-refractivity contribution in [2.24, 2.45) is 0 Å². The number of carbonyl (C=O) groups is 2. The van der Waals surface area contributed by atoms with Crippen molar-refractivity contribution in [2.45, 2.75) is 0 Å². The molecule has 5 nitrogen and oxygen atoms in total. The number of carbonyl (C=O) groups excluding carboxylic acids is 1. The normalized spacial score (nSPS) is 9.06. The van der Waals surface area contributed by atoms with Gasteiger partial charge in [0, 0.05) is 0 Å². The Bertz CT molecular complexity index is 399. The molecule has 2 aromatic heterocycles. The average molecular weight is 243 g/mol. The van der Waals surface area contributed by atoms with Crippen LogP contribution < -0.4 is 0 Å². The van der Waals surface area contributed by atoms with E-state index in [0.717, 1.165) is 0 Å². The second-order valence-electron chi connectivity index (χ2n) is 2.60. The van der Waals surface area contributed by atoms with Crippen LogP contribution in [0.2, 0.25) is 0 Å². The molecule has 0 saturated carbocycles. The first-order valence-corrected chi connectivity index (χ1v) is 4.46. The Labute approximate surface area is 95.2 Å². The highest BCUT2D eigenvalue weighted by atomic mass is 35.5. The molecule has 2 heterocycles. The van der Waals surface area contributed by atoms with Gasteiger partial charge in [-0.2, -0.15) is 0 Å². The standard InChI is InChI=1S/C5H3ClO2.C5H4O3/c2*6-5(7)4-1-2-8-3-4/h1-3H;1-3H,(H,6,7). The Morgan fingerprint density at radius 1 is 1.06 bits per heavy atom. The zero-order valence-electron chi connectivity index (χ0n) is 7.92. The van der Waals surface area contributed by atoms with E-state index in [1.807, 2.05) is 0 Å². The van der Waals surface area contributed by atoms with Crippen LogP contribution in [0.3, 0.4) is 0 Å². The Hall–Kier alpha value is -2.01. The van der Waals surface area contributed by atoms with Crippen molar-refractivity contribution in [1.82, 2.24) is 0 Å². The predicted octanol–water partition coefficient (Wildman–Crippen LogP) is 2.64. The van der Waals surface area contributed by atoms with Gasteiger partial charge in [0.2, 0.25) is 0 Å². The number of carboxylic acid groups (broad SMARTS) is 1. The van der Waals surface area contributed by atoms with Crippen LogP contribution in [0.5, 0.6) is 0 Å². The first-order valence-electron chi connectivity index (χ1n) is 4.09. The van der Waals surface area contributed by atoms with Gasteiger partial charge in [0.1, 0.15) is 12.5 Å². The highest BCUT2D eigenvalue weighted by molar-refractivity contribution is 6.67. The second-order valence-corrected chi connectivity index (χ2v) is 2.95. The Morgan fingerprint density at radius 2 is 1.56 bits per heavy atom. The summed E-state index contributed by atoms with van der Waals surface area (Å²) in [7, 11) is 0. The molecule has 16 heavy (non-hydrogen) atoms. The van der Waals surface area contributed by atoms with E-state index in [2.05, 4.69) is 8.83 Å². The van der Waals surface area contributed by atoms with Gasteiger partial charge in [-0.1, -0.05) is 0 Å². The van der Waals surface area contributed by atoms with Gasteiger partial charge in [-0.25, -0.2) is 4.79 Å². The van der Waals surface area contributed by atoms with E-state index in [9.17, 15) is 9.59 Å². The fourth-order valence-corrected chi connectivity index (χ4v) is 0.870. The molecule has 2 aromatic rings. The van der Waals surface area contributed by atoms with E-state index in [1.165, 1.54) is 37.2 Å². The highest BCUT2D eigenvalue weighted by Crippen LogP contribution is 2.02. The van der Waals surface area contributed by atoms with Gasteiger partial charge < -0.3 is 13.9 Å². The molecule has 0 bridgehead atoms. The molecular weight excluding hydrogens is 236 g/mol. The summed E-state index contributed by atoms with van der Waals surface area (Å²) < 4.78 is 9.07. The third-order valence-corrected chi connectivity index (χ3v) is 1.73. The SMILES string of the molecule is O=C(Cl)c1ccoc1.O=C(O)c1ccoc1. The minimum atomic E-state index is -0.959. The van der Waals surface area contributed by atoms with Crippen LogP contribution in [0.25, 0.3) is 0 Å². The summed E-state index contributed by atoms with van der Waals surface area (Å²) >= 11 is 5.05. The number of aromatic carboxylic acids is 1. The van der Waals surface area contributed by atoms with Gasteiger partial charge in [-0.15, -0.1) is 0 Å². The van der Waals surface area contributed by atoms with Gasteiger partial charge in [-0.3, -0.25) is 4.79 Å².